The van der Waals surface area contributed by atoms with Crippen LogP contribution in [-0.4, -0.2) is 11.9 Å². The average Bonchev–Trinajstić information content (AvgIpc) is 2.01. The normalized spacial score (nSPS) is 11.4. The Hall–Kier alpha value is -1.60. The van der Waals surface area contributed by atoms with Crippen LogP contribution in [0.25, 0.3) is 0 Å². The number of hydrogen-bond acceptors (Lipinski definition) is 2. The van der Waals surface area contributed by atoms with Crippen molar-refractivity contribution in [3.05, 3.63) is 34.1 Å². The Balaban J connectivity index is 3.38. The molecule has 0 spiro atoms. The van der Waals surface area contributed by atoms with Crippen LogP contribution in [0.1, 0.15) is 0 Å². The predicted octanol–water partition coefficient (Wildman–Crippen LogP) is 1.79. The van der Waals surface area contributed by atoms with E-state index in [9.17, 15) is 27.5 Å². The van der Waals surface area contributed by atoms with Gasteiger partial charge in [0.25, 0.3) is 0 Å². The molecular weight excluding hydrogens is 205 g/mol. The molecule has 0 atom stereocenters. The summed E-state index contributed by atoms with van der Waals surface area (Å²) in [5.41, 5.74) is -2.64. The van der Waals surface area contributed by atoms with Gasteiger partial charge in [0.15, 0.2) is 0 Å². The number of hydrogen-bond donors (Lipinski definition) is 0. The molecule has 0 unspecified atom stereocenters. The maximum atomic E-state index is 12.4. The van der Waals surface area contributed by atoms with E-state index >= 15 is 0 Å². The zero-order chi connectivity index (χ0) is 10.9. The zero-order valence-electron chi connectivity index (χ0n) is 6.58. The summed E-state index contributed by atoms with van der Waals surface area (Å²) >= 11 is 0. The van der Waals surface area contributed by atoms with Gasteiger partial charge < -0.3 is 12.9 Å². The van der Waals surface area contributed by atoms with E-state index in [2.05, 4.69) is 0 Å². The Labute approximate surface area is 75.6 Å². The number of halogens is 4. The minimum Gasteiger partial charge on any atom is -0.445 e. The lowest BCUT2D eigenvalue weighted by Gasteiger charge is -2.14. The Bertz CT molecular complexity index is 379. The molecule has 0 aliphatic heterocycles. The molecule has 0 radical (unpaired) electrons. The van der Waals surface area contributed by atoms with Crippen molar-refractivity contribution in [1.82, 2.24) is 0 Å². The van der Waals surface area contributed by atoms with E-state index in [-0.39, 0.29) is 6.07 Å². The van der Waals surface area contributed by atoms with E-state index in [1.165, 1.54) is 0 Å². The summed E-state index contributed by atoms with van der Waals surface area (Å²) in [6, 6.07) is 1.24. The minimum atomic E-state index is -5.57. The topological polar surface area (TPSA) is 43.1 Å². The van der Waals surface area contributed by atoms with Crippen LogP contribution in [0.3, 0.4) is 0 Å². The highest BCUT2D eigenvalue weighted by molar-refractivity contribution is 6.74. The summed E-state index contributed by atoms with van der Waals surface area (Å²) in [6.45, 7) is -5.57. The van der Waals surface area contributed by atoms with Gasteiger partial charge in [-0.05, 0) is 17.6 Å². The largest absolute Gasteiger partial charge is 0.516 e. The third kappa shape index (κ3) is 2.01. The van der Waals surface area contributed by atoms with Crippen LogP contribution in [0.5, 0.6) is 0 Å². The molecule has 0 heterocycles. The fraction of sp³-hybridized carbons (Fsp3) is 0. The second-order valence-electron chi connectivity index (χ2n) is 2.54. The third-order valence-corrected chi connectivity index (χ3v) is 1.54. The van der Waals surface area contributed by atoms with Crippen molar-refractivity contribution < 1.29 is 22.3 Å². The molecule has 0 saturated carbocycles. The van der Waals surface area contributed by atoms with Crippen LogP contribution < -0.4 is 5.46 Å². The first-order valence-corrected chi connectivity index (χ1v) is 3.46. The molecule has 0 aliphatic carbocycles. The lowest BCUT2D eigenvalue weighted by Crippen LogP contribution is -2.36. The van der Waals surface area contributed by atoms with E-state index in [1.54, 1.807) is 0 Å². The van der Waals surface area contributed by atoms with Crippen molar-refractivity contribution in [3.63, 3.8) is 0 Å². The number of rotatable bonds is 2. The van der Waals surface area contributed by atoms with Gasteiger partial charge in [-0.1, -0.05) is 0 Å². The molecular formula is C6H3BF4NO2-. The molecule has 76 valence electrons. The van der Waals surface area contributed by atoms with Crippen molar-refractivity contribution in [2.45, 2.75) is 0 Å². The average molecular weight is 208 g/mol. The van der Waals surface area contributed by atoms with Crippen molar-refractivity contribution in [3.8, 4) is 0 Å². The molecule has 8 heteroatoms. The highest BCUT2D eigenvalue weighted by Crippen LogP contribution is 2.18. The van der Waals surface area contributed by atoms with Gasteiger partial charge in [-0.15, -0.1) is 0 Å². The molecule has 1 aromatic rings. The number of nitro benzene ring substituents is 1. The van der Waals surface area contributed by atoms with Gasteiger partial charge in [0.2, 0.25) is 5.69 Å². The van der Waals surface area contributed by atoms with Gasteiger partial charge in [0.1, 0.15) is 5.82 Å². The molecule has 0 fully saturated rings. The Morgan fingerprint density at radius 1 is 1.29 bits per heavy atom. The van der Waals surface area contributed by atoms with Crippen LogP contribution in [-0.2, 0) is 0 Å². The lowest BCUT2D eigenvalue weighted by molar-refractivity contribution is -0.383. The Morgan fingerprint density at radius 2 is 1.86 bits per heavy atom. The second-order valence-corrected chi connectivity index (χ2v) is 2.54. The molecule has 0 aliphatic rings. The maximum Gasteiger partial charge on any atom is 0.516 e. The molecule has 1 rings (SSSR count). The maximum absolute atomic E-state index is 12.4. The monoisotopic (exact) mass is 208 g/mol. The fourth-order valence-corrected chi connectivity index (χ4v) is 0.954. The predicted molar refractivity (Wildman–Crippen MR) is 41.8 cm³/mol. The molecule has 0 saturated heterocycles. The van der Waals surface area contributed by atoms with E-state index in [0.29, 0.717) is 12.1 Å². The van der Waals surface area contributed by atoms with Crippen molar-refractivity contribution >= 4 is 18.1 Å². The second kappa shape index (κ2) is 3.28. The summed E-state index contributed by atoms with van der Waals surface area (Å²) in [7, 11) is 0. The minimum absolute atomic E-state index is 0.123. The van der Waals surface area contributed by atoms with E-state index < -0.39 is 28.9 Å². The number of nitrogens with zero attached hydrogens (tertiary/aromatic N) is 1. The van der Waals surface area contributed by atoms with Crippen LogP contribution in [0.2, 0.25) is 0 Å². The summed E-state index contributed by atoms with van der Waals surface area (Å²) in [6.07, 6.45) is 0. The molecule has 0 amide bonds. The first-order valence-electron chi connectivity index (χ1n) is 3.46. The summed E-state index contributed by atoms with van der Waals surface area (Å²) < 4.78 is 49.0. The molecule has 1 aromatic carbocycles. The zero-order valence-corrected chi connectivity index (χ0v) is 6.58. The smallest absolute Gasteiger partial charge is 0.445 e. The van der Waals surface area contributed by atoms with E-state index in [1.807, 2.05) is 0 Å². The van der Waals surface area contributed by atoms with Crippen molar-refractivity contribution in [2.24, 2.45) is 0 Å². The summed E-state index contributed by atoms with van der Waals surface area (Å²) in [5, 5.41) is 10.2. The Morgan fingerprint density at radius 3 is 2.29 bits per heavy atom. The molecule has 0 bridgehead atoms. The first-order chi connectivity index (χ1) is 6.32. The Kier molecular flexibility index (Phi) is 2.46. The standard InChI is InChI=1S/C6H3BF4NO2/c8-4-1-2-6(12(13)14)5(3-4)7(9,10)11/h1-3H/q-1. The summed E-state index contributed by atoms with van der Waals surface area (Å²) in [5.74, 6) is -1.15. The fourth-order valence-electron chi connectivity index (χ4n) is 0.954. The SMILES string of the molecule is O=[N+]([O-])c1ccc(F)cc1[B-](F)(F)F. The van der Waals surface area contributed by atoms with Crippen molar-refractivity contribution in [2.75, 3.05) is 0 Å². The molecule has 14 heavy (non-hydrogen) atoms. The molecule has 0 aromatic heterocycles. The highest BCUT2D eigenvalue weighted by atomic mass is 19.4. The quantitative estimate of drug-likeness (QED) is 0.321. The van der Waals surface area contributed by atoms with Gasteiger partial charge in [-0.25, -0.2) is 4.39 Å². The lowest BCUT2D eigenvalue weighted by atomic mass is 9.79. The van der Waals surface area contributed by atoms with Crippen LogP contribution in [0.15, 0.2) is 18.2 Å². The number of nitro groups is 1. The van der Waals surface area contributed by atoms with E-state index in [0.717, 1.165) is 0 Å². The first kappa shape index (κ1) is 10.5. The third-order valence-electron chi connectivity index (χ3n) is 1.54. The van der Waals surface area contributed by atoms with Gasteiger partial charge in [-0.3, -0.25) is 10.1 Å². The summed E-state index contributed by atoms with van der Waals surface area (Å²) in [4.78, 5) is 8.98. The van der Waals surface area contributed by atoms with Crippen LogP contribution >= 0.6 is 0 Å². The van der Waals surface area contributed by atoms with Gasteiger partial charge >= 0.3 is 6.98 Å². The highest BCUT2D eigenvalue weighted by Gasteiger charge is 2.33. The molecule has 3 nitrogen and oxygen atoms in total. The van der Waals surface area contributed by atoms with Crippen molar-refractivity contribution in [1.29, 1.82) is 0 Å². The van der Waals surface area contributed by atoms with Crippen LogP contribution in [0.4, 0.5) is 23.0 Å². The van der Waals surface area contributed by atoms with Gasteiger partial charge in [0.05, 0.1) is 4.92 Å². The number of benzene rings is 1. The van der Waals surface area contributed by atoms with Gasteiger partial charge in [-0.2, -0.15) is 0 Å². The van der Waals surface area contributed by atoms with Gasteiger partial charge in [0, 0.05) is 6.07 Å². The van der Waals surface area contributed by atoms with E-state index in [4.69, 9.17) is 0 Å². The van der Waals surface area contributed by atoms with Crippen LogP contribution in [0, 0.1) is 15.9 Å². The molecule has 0 N–H and O–H groups in total.